The lowest BCUT2D eigenvalue weighted by atomic mass is 10.1. The van der Waals surface area contributed by atoms with Crippen LogP contribution in [0.2, 0.25) is 0 Å². The first kappa shape index (κ1) is 18.5. The number of nitrogens with one attached hydrogen (secondary N) is 1. The standard InChI is InChI=1S/C18H16F2N4O3/c1-23-9-14(12-4-2-3-5-13(12)17(23)27)16(26)22-8-15(25)24-10-18(19,20)6-11(24)7-21/h2-5,9,11H,6,8,10H2,1H3,(H,22,26). The Morgan fingerprint density at radius 1 is 1.33 bits per heavy atom. The molecule has 1 fully saturated rings. The normalized spacial score (nSPS) is 18.3. The maximum Gasteiger partial charge on any atom is 0.268 e. The van der Waals surface area contributed by atoms with Crippen LogP contribution in [0, 0.1) is 11.3 Å². The van der Waals surface area contributed by atoms with Crippen LogP contribution in [-0.4, -0.2) is 46.3 Å². The number of rotatable bonds is 3. The van der Waals surface area contributed by atoms with E-state index in [0.29, 0.717) is 10.8 Å². The van der Waals surface area contributed by atoms with Gasteiger partial charge in [-0.2, -0.15) is 5.26 Å². The van der Waals surface area contributed by atoms with Crippen molar-refractivity contribution in [2.24, 2.45) is 7.05 Å². The molecule has 0 saturated carbocycles. The fourth-order valence-corrected chi connectivity index (χ4v) is 3.14. The first-order chi connectivity index (χ1) is 12.7. The summed E-state index contributed by atoms with van der Waals surface area (Å²) in [6.07, 6.45) is 0.640. The Morgan fingerprint density at radius 3 is 2.67 bits per heavy atom. The number of nitrogens with zero attached hydrogens (tertiary/aromatic N) is 3. The number of carbonyl (C=O) groups is 2. The predicted molar refractivity (Wildman–Crippen MR) is 92.2 cm³/mol. The molecule has 1 aliphatic rings. The molecule has 0 radical (unpaired) electrons. The quantitative estimate of drug-likeness (QED) is 0.868. The Bertz CT molecular complexity index is 1030. The van der Waals surface area contributed by atoms with Crippen LogP contribution in [-0.2, 0) is 11.8 Å². The van der Waals surface area contributed by atoms with E-state index in [4.69, 9.17) is 5.26 Å². The summed E-state index contributed by atoms with van der Waals surface area (Å²) in [5.74, 6) is -4.50. The van der Waals surface area contributed by atoms with E-state index in [2.05, 4.69) is 5.32 Å². The second-order valence-corrected chi connectivity index (χ2v) is 6.41. The van der Waals surface area contributed by atoms with Crippen molar-refractivity contribution in [1.82, 2.24) is 14.8 Å². The molecule has 1 N–H and O–H groups in total. The zero-order chi connectivity index (χ0) is 19.8. The number of pyridine rings is 1. The number of aryl methyl sites for hydroxylation is 1. The third-order valence-corrected chi connectivity index (χ3v) is 4.47. The number of aromatic nitrogens is 1. The summed E-state index contributed by atoms with van der Waals surface area (Å²) in [6.45, 7) is -1.37. The van der Waals surface area contributed by atoms with Gasteiger partial charge in [-0.05, 0) is 6.07 Å². The maximum absolute atomic E-state index is 13.4. The molecule has 140 valence electrons. The molecule has 1 aromatic carbocycles. The smallest absolute Gasteiger partial charge is 0.268 e. The van der Waals surface area contributed by atoms with E-state index in [1.165, 1.54) is 17.8 Å². The molecule has 27 heavy (non-hydrogen) atoms. The van der Waals surface area contributed by atoms with Gasteiger partial charge < -0.3 is 14.8 Å². The molecule has 0 bridgehead atoms. The Morgan fingerprint density at radius 2 is 2.00 bits per heavy atom. The average Bonchev–Trinajstić information content (AvgIpc) is 2.97. The molecule has 3 rings (SSSR count). The van der Waals surface area contributed by atoms with Crippen LogP contribution in [0.3, 0.4) is 0 Å². The average molecular weight is 374 g/mol. The number of likely N-dealkylation sites (tertiary alicyclic amines) is 1. The molecule has 9 heteroatoms. The van der Waals surface area contributed by atoms with Gasteiger partial charge in [0.1, 0.15) is 6.04 Å². The van der Waals surface area contributed by atoms with E-state index in [1.54, 1.807) is 30.3 Å². The molecule has 2 heterocycles. The maximum atomic E-state index is 13.4. The largest absolute Gasteiger partial charge is 0.343 e. The molecule has 1 aliphatic heterocycles. The summed E-state index contributed by atoms with van der Waals surface area (Å²) in [5, 5.41) is 12.1. The van der Waals surface area contributed by atoms with E-state index >= 15 is 0 Å². The van der Waals surface area contributed by atoms with Gasteiger partial charge in [-0.1, -0.05) is 18.2 Å². The predicted octanol–water partition coefficient (Wildman–Crippen LogP) is 1.03. The minimum absolute atomic E-state index is 0.184. The van der Waals surface area contributed by atoms with Crippen molar-refractivity contribution in [1.29, 1.82) is 5.26 Å². The highest BCUT2D eigenvalue weighted by atomic mass is 19.3. The van der Waals surface area contributed by atoms with E-state index < -0.39 is 43.3 Å². The lowest BCUT2D eigenvalue weighted by Crippen LogP contribution is -2.43. The summed E-state index contributed by atoms with van der Waals surface area (Å²) in [7, 11) is 1.50. The molecule has 1 unspecified atom stereocenters. The molecule has 1 aromatic heterocycles. The number of hydrogen-bond acceptors (Lipinski definition) is 4. The van der Waals surface area contributed by atoms with Gasteiger partial charge in [0, 0.05) is 30.4 Å². The molecule has 1 saturated heterocycles. The Labute approximate surface area is 152 Å². The zero-order valence-corrected chi connectivity index (χ0v) is 14.4. The fourth-order valence-electron chi connectivity index (χ4n) is 3.14. The van der Waals surface area contributed by atoms with Gasteiger partial charge in [0.25, 0.3) is 17.4 Å². The number of hydrogen-bond donors (Lipinski definition) is 1. The van der Waals surface area contributed by atoms with Crippen LogP contribution in [0.25, 0.3) is 10.8 Å². The van der Waals surface area contributed by atoms with Gasteiger partial charge in [-0.3, -0.25) is 14.4 Å². The zero-order valence-electron chi connectivity index (χ0n) is 14.4. The van der Waals surface area contributed by atoms with Gasteiger partial charge in [-0.25, -0.2) is 8.78 Å². The summed E-state index contributed by atoms with van der Waals surface area (Å²) >= 11 is 0. The van der Waals surface area contributed by atoms with Crippen molar-refractivity contribution in [2.45, 2.75) is 18.4 Å². The molecular weight excluding hydrogens is 358 g/mol. The summed E-state index contributed by atoms with van der Waals surface area (Å²) in [4.78, 5) is 37.6. The van der Waals surface area contributed by atoms with Crippen LogP contribution in [0.1, 0.15) is 16.8 Å². The lowest BCUT2D eigenvalue weighted by molar-refractivity contribution is -0.131. The van der Waals surface area contributed by atoms with Gasteiger partial charge in [0.2, 0.25) is 5.91 Å². The van der Waals surface area contributed by atoms with Crippen molar-refractivity contribution in [2.75, 3.05) is 13.1 Å². The second-order valence-electron chi connectivity index (χ2n) is 6.41. The number of benzene rings is 1. The van der Waals surface area contributed by atoms with Gasteiger partial charge in [0.05, 0.1) is 24.7 Å². The van der Waals surface area contributed by atoms with E-state index in [0.717, 1.165) is 4.90 Å². The fraction of sp³-hybridized carbons (Fsp3) is 0.333. The lowest BCUT2D eigenvalue weighted by Gasteiger charge is -2.19. The number of amides is 2. The summed E-state index contributed by atoms with van der Waals surface area (Å²) < 4.78 is 28.2. The Kier molecular flexibility index (Phi) is 4.66. The first-order valence-corrected chi connectivity index (χ1v) is 8.17. The molecule has 2 amide bonds. The van der Waals surface area contributed by atoms with Crippen molar-refractivity contribution in [3.05, 3.63) is 46.4 Å². The van der Waals surface area contributed by atoms with Gasteiger partial charge in [-0.15, -0.1) is 0 Å². The summed E-state index contributed by atoms with van der Waals surface area (Å²) in [5.41, 5.74) is -0.0847. The second kappa shape index (κ2) is 6.79. The third kappa shape index (κ3) is 3.51. The van der Waals surface area contributed by atoms with Crippen LogP contribution in [0.5, 0.6) is 0 Å². The van der Waals surface area contributed by atoms with E-state index in [-0.39, 0.29) is 11.1 Å². The van der Waals surface area contributed by atoms with E-state index in [1.807, 2.05) is 0 Å². The van der Waals surface area contributed by atoms with Crippen LogP contribution < -0.4 is 10.9 Å². The highest BCUT2D eigenvalue weighted by Gasteiger charge is 2.47. The van der Waals surface area contributed by atoms with Crippen molar-refractivity contribution in [3.63, 3.8) is 0 Å². The highest BCUT2D eigenvalue weighted by molar-refractivity contribution is 6.07. The monoisotopic (exact) mass is 374 g/mol. The number of fused-ring (bicyclic) bond motifs is 1. The van der Waals surface area contributed by atoms with Crippen LogP contribution in [0.4, 0.5) is 8.78 Å². The van der Waals surface area contributed by atoms with Crippen LogP contribution >= 0.6 is 0 Å². The molecule has 2 aromatic rings. The summed E-state index contributed by atoms with van der Waals surface area (Å²) in [6, 6.07) is 7.01. The Hall–Kier alpha value is -3.28. The Balaban J connectivity index is 1.78. The number of nitriles is 1. The van der Waals surface area contributed by atoms with E-state index in [9.17, 15) is 23.2 Å². The number of halogens is 2. The highest BCUT2D eigenvalue weighted by Crippen LogP contribution is 2.31. The van der Waals surface area contributed by atoms with Crippen LogP contribution in [0.15, 0.2) is 35.3 Å². The minimum atomic E-state index is -3.12. The van der Waals surface area contributed by atoms with Crippen molar-refractivity contribution in [3.8, 4) is 6.07 Å². The first-order valence-electron chi connectivity index (χ1n) is 8.17. The van der Waals surface area contributed by atoms with Gasteiger partial charge in [0.15, 0.2) is 0 Å². The molecule has 0 aliphatic carbocycles. The van der Waals surface area contributed by atoms with Gasteiger partial charge >= 0.3 is 0 Å². The SMILES string of the molecule is Cn1cc(C(=O)NCC(=O)N2CC(F)(F)CC2C#N)c2ccccc2c1=O. The molecule has 0 spiro atoms. The molecule has 1 atom stereocenters. The minimum Gasteiger partial charge on any atom is -0.343 e. The number of alkyl halides is 2. The van der Waals surface area contributed by atoms with Crippen molar-refractivity contribution < 1.29 is 18.4 Å². The molecule has 7 nitrogen and oxygen atoms in total. The third-order valence-electron chi connectivity index (χ3n) is 4.47. The molecular formula is C18H16F2N4O3. The van der Waals surface area contributed by atoms with Crippen molar-refractivity contribution >= 4 is 22.6 Å². The topological polar surface area (TPSA) is 95.2 Å². The number of carbonyl (C=O) groups excluding carboxylic acids is 2.